The van der Waals surface area contributed by atoms with Crippen molar-refractivity contribution in [1.29, 1.82) is 0 Å². The van der Waals surface area contributed by atoms with Crippen molar-refractivity contribution in [1.82, 2.24) is 10.2 Å². The largest absolute Gasteiger partial charge is 0.373 e. The topological polar surface area (TPSA) is 40.0 Å². The van der Waals surface area contributed by atoms with Gasteiger partial charge in [-0.2, -0.15) is 0 Å². The molecule has 0 aromatic heterocycles. The summed E-state index contributed by atoms with van der Waals surface area (Å²) in [6.07, 6.45) is 19.3. The van der Waals surface area contributed by atoms with E-state index in [4.69, 9.17) is 4.99 Å². The average molecular weight is 465 g/mol. The second-order valence-electron chi connectivity index (χ2n) is 8.75. The Balaban J connectivity index is 2.21. The molecule has 1 saturated carbocycles. The molecule has 5 heteroatoms. The Labute approximate surface area is 205 Å². The van der Waals surface area contributed by atoms with Gasteiger partial charge >= 0.3 is 0 Å². The predicted octanol–water partition coefficient (Wildman–Crippen LogP) is 6.93. The van der Waals surface area contributed by atoms with Crippen LogP contribution in [-0.4, -0.2) is 37.1 Å². The van der Waals surface area contributed by atoms with Gasteiger partial charge in [0, 0.05) is 24.9 Å². The Kier molecular flexibility index (Phi) is 12.3. The third-order valence-electron chi connectivity index (χ3n) is 6.31. The van der Waals surface area contributed by atoms with Crippen molar-refractivity contribution in [2.24, 2.45) is 9.98 Å². The lowest BCUT2D eigenvalue weighted by Crippen LogP contribution is -2.31. The standard InChI is InChI=1S/C29H41FN4/c1-6-12-24(28(15-17-31-4)33-22-32-27-13-10-9-11-14-27)16-18-34(5)29(8-3)25-19-23(7-2)20-26(30)21-25/h6,12,15-21,27,29,32H,1,4,7-11,13-14,22H2,2-3,5H3/b17-15-,18-16-,24-12?,33-28+. The lowest BCUT2D eigenvalue weighted by atomic mass is 9.96. The highest BCUT2D eigenvalue weighted by Gasteiger charge is 2.15. The van der Waals surface area contributed by atoms with Gasteiger partial charge in [-0.1, -0.05) is 57.9 Å². The van der Waals surface area contributed by atoms with Crippen LogP contribution in [0.15, 0.2) is 77.0 Å². The van der Waals surface area contributed by atoms with E-state index in [1.165, 1.54) is 32.1 Å². The molecule has 1 aromatic carbocycles. The number of aryl methyl sites for hydroxylation is 1. The average Bonchev–Trinajstić information content (AvgIpc) is 2.84. The summed E-state index contributed by atoms with van der Waals surface area (Å²) in [6.45, 7) is 12.1. The normalized spacial score (nSPS) is 16.8. The highest BCUT2D eigenvalue weighted by atomic mass is 19.1. The molecule has 4 nitrogen and oxygen atoms in total. The van der Waals surface area contributed by atoms with Crippen LogP contribution in [0.3, 0.4) is 0 Å². The van der Waals surface area contributed by atoms with Crippen LogP contribution in [-0.2, 0) is 6.42 Å². The van der Waals surface area contributed by atoms with Gasteiger partial charge in [-0.05, 0) is 74.0 Å². The van der Waals surface area contributed by atoms with Gasteiger partial charge in [0.05, 0.1) is 18.4 Å². The van der Waals surface area contributed by atoms with Crippen LogP contribution in [0.25, 0.3) is 0 Å². The first-order chi connectivity index (χ1) is 16.5. The van der Waals surface area contributed by atoms with Crippen molar-refractivity contribution in [3.05, 3.63) is 84.0 Å². The summed E-state index contributed by atoms with van der Waals surface area (Å²) in [4.78, 5) is 10.8. The van der Waals surface area contributed by atoms with E-state index in [0.29, 0.717) is 12.7 Å². The number of hydrogen-bond acceptors (Lipinski definition) is 4. The molecule has 0 aliphatic heterocycles. The van der Waals surface area contributed by atoms with Crippen molar-refractivity contribution in [2.45, 2.75) is 70.9 Å². The lowest BCUT2D eigenvalue weighted by Gasteiger charge is -2.27. The molecule has 0 bridgehead atoms. The minimum atomic E-state index is -0.181. The van der Waals surface area contributed by atoms with Crippen LogP contribution in [0.4, 0.5) is 4.39 Å². The number of hydrogen-bond donors (Lipinski definition) is 1. The molecule has 0 spiro atoms. The van der Waals surface area contributed by atoms with Gasteiger partial charge in [0.25, 0.3) is 0 Å². The first-order valence-corrected chi connectivity index (χ1v) is 12.4. The first kappa shape index (κ1) is 27.5. The van der Waals surface area contributed by atoms with Crippen LogP contribution < -0.4 is 5.32 Å². The van der Waals surface area contributed by atoms with E-state index in [0.717, 1.165) is 35.3 Å². The van der Waals surface area contributed by atoms with Gasteiger partial charge in [-0.3, -0.25) is 15.3 Å². The van der Waals surface area contributed by atoms with E-state index in [9.17, 15) is 4.39 Å². The summed E-state index contributed by atoms with van der Waals surface area (Å²) in [5.41, 5.74) is 3.74. The van der Waals surface area contributed by atoms with Crippen molar-refractivity contribution in [3.8, 4) is 0 Å². The van der Waals surface area contributed by atoms with Gasteiger partial charge in [-0.25, -0.2) is 4.39 Å². The third-order valence-corrected chi connectivity index (χ3v) is 6.31. The Hall–Kier alpha value is -2.79. The number of benzene rings is 1. The second-order valence-corrected chi connectivity index (χ2v) is 8.75. The molecule has 1 aliphatic carbocycles. The fourth-order valence-corrected chi connectivity index (χ4v) is 4.42. The smallest absolute Gasteiger partial charge is 0.123 e. The SMILES string of the molecule is C=CC=C(/C=C\N(C)C(CC)c1cc(F)cc(CC)c1)C(/C=C\N=C)=N/CNC1CCCCC1. The van der Waals surface area contributed by atoms with Crippen LogP contribution in [0, 0.1) is 5.82 Å². The molecule has 2 rings (SSSR count). The minimum Gasteiger partial charge on any atom is -0.373 e. The summed E-state index contributed by atoms with van der Waals surface area (Å²) >= 11 is 0. The Morgan fingerprint density at radius 1 is 1.21 bits per heavy atom. The maximum absolute atomic E-state index is 14.2. The van der Waals surface area contributed by atoms with Crippen molar-refractivity contribution >= 4 is 12.4 Å². The molecule has 0 saturated heterocycles. The van der Waals surface area contributed by atoms with Crippen LogP contribution in [0.5, 0.6) is 0 Å². The highest BCUT2D eigenvalue weighted by molar-refractivity contribution is 6.10. The summed E-state index contributed by atoms with van der Waals surface area (Å²) < 4.78 is 14.2. The minimum absolute atomic E-state index is 0.0703. The fourth-order valence-electron chi connectivity index (χ4n) is 4.42. The zero-order valence-electron chi connectivity index (χ0n) is 21.1. The molecule has 1 aliphatic rings. The van der Waals surface area contributed by atoms with Crippen molar-refractivity contribution < 1.29 is 4.39 Å². The number of halogens is 1. The van der Waals surface area contributed by atoms with Crippen molar-refractivity contribution in [3.63, 3.8) is 0 Å². The first-order valence-electron chi connectivity index (χ1n) is 12.4. The number of rotatable bonds is 13. The number of nitrogens with zero attached hydrogens (tertiary/aromatic N) is 3. The van der Waals surface area contributed by atoms with E-state index in [1.807, 2.05) is 38.4 Å². The molecule has 1 unspecified atom stereocenters. The third kappa shape index (κ3) is 8.86. The Morgan fingerprint density at radius 3 is 2.62 bits per heavy atom. The van der Waals surface area contributed by atoms with Crippen LogP contribution in [0.2, 0.25) is 0 Å². The van der Waals surface area contributed by atoms with E-state index >= 15 is 0 Å². The maximum Gasteiger partial charge on any atom is 0.123 e. The van der Waals surface area contributed by atoms with Gasteiger partial charge in [-0.15, -0.1) is 0 Å². The maximum atomic E-state index is 14.2. The van der Waals surface area contributed by atoms with Gasteiger partial charge in [0.1, 0.15) is 5.82 Å². The molecular weight excluding hydrogens is 423 g/mol. The van der Waals surface area contributed by atoms with Gasteiger partial charge in [0.15, 0.2) is 0 Å². The lowest BCUT2D eigenvalue weighted by molar-refractivity contribution is 0.327. The molecule has 1 fully saturated rings. The number of aliphatic imine (C=N–C) groups is 2. The Bertz CT molecular complexity index is 907. The van der Waals surface area contributed by atoms with Crippen LogP contribution >= 0.6 is 0 Å². The van der Waals surface area contributed by atoms with E-state index in [-0.39, 0.29) is 11.9 Å². The van der Waals surface area contributed by atoms with E-state index in [2.05, 4.69) is 41.5 Å². The fraction of sp³-hybridized carbons (Fsp3) is 0.448. The summed E-state index contributed by atoms with van der Waals surface area (Å²) in [5.74, 6) is -0.181. The molecular formula is C29H41FN4. The van der Waals surface area contributed by atoms with Gasteiger partial charge < -0.3 is 4.90 Å². The van der Waals surface area contributed by atoms with Gasteiger partial charge in [0.2, 0.25) is 0 Å². The molecule has 0 heterocycles. The summed E-state index contributed by atoms with van der Waals surface area (Å²) in [6, 6.07) is 5.96. The number of nitrogens with one attached hydrogen (secondary N) is 1. The molecule has 0 radical (unpaired) electrons. The number of allylic oxidation sites excluding steroid dienone is 5. The van der Waals surface area contributed by atoms with Crippen LogP contribution in [0.1, 0.15) is 69.5 Å². The molecule has 34 heavy (non-hydrogen) atoms. The zero-order chi connectivity index (χ0) is 24.8. The summed E-state index contributed by atoms with van der Waals surface area (Å²) in [5, 5.41) is 3.56. The molecule has 184 valence electrons. The Morgan fingerprint density at radius 2 is 1.97 bits per heavy atom. The second kappa shape index (κ2) is 15.2. The highest BCUT2D eigenvalue weighted by Crippen LogP contribution is 2.26. The zero-order valence-corrected chi connectivity index (χ0v) is 21.1. The molecule has 1 atom stereocenters. The monoisotopic (exact) mass is 464 g/mol. The van der Waals surface area contributed by atoms with E-state index in [1.54, 1.807) is 24.4 Å². The molecule has 0 amide bonds. The predicted molar refractivity (Wildman–Crippen MR) is 145 cm³/mol. The van der Waals surface area contributed by atoms with Crippen molar-refractivity contribution in [2.75, 3.05) is 13.7 Å². The quantitative estimate of drug-likeness (QED) is 0.254. The summed E-state index contributed by atoms with van der Waals surface area (Å²) in [7, 11) is 2.02. The molecule has 1 aromatic rings. The van der Waals surface area contributed by atoms with E-state index < -0.39 is 0 Å². The molecule has 1 N–H and O–H groups in total.